The third kappa shape index (κ3) is 5.24. The first-order chi connectivity index (χ1) is 13.2. The van der Waals surface area contributed by atoms with Gasteiger partial charge in [-0.3, -0.25) is 9.59 Å². The minimum atomic E-state index is -0.248. The maximum Gasteiger partial charge on any atom is 0.270 e. The summed E-state index contributed by atoms with van der Waals surface area (Å²) in [5.74, 6) is 0.745. The predicted octanol–water partition coefficient (Wildman–Crippen LogP) is 0.508. The Morgan fingerprint density at radius 1 is 1.22 bits per heavy atom. The molecule has 1 aliphatic rings. The Kier molecular flexibility index (Phi) is 6.72. The van der Waals surface area contributed by atoms with Gasteiger partial charge in [-0.1, -0.05) is 6.07 Å². The number of aromatic nitrogens is 2. The van der Waals surface area contributed by atoms with E-state index in [1.54, 1.807) is 11.6 Å². The average molecular weight is 388 g/mol. The lowest BCUT2D eigenvalue weighted by Crippen LogP contribution is -2.49. The lowest BCUT2D eigenvalue weighted by molar-refractivity contribution is -0.131. The van der Waals surface area contributed by atoms with Crippen molar-refractivity contribution >= 4 is 29.0 Å². The Labute approximate surface area is 162 Å². The average Bonchev–Trinajstić information content (AvgIpc) is 3.18. The number of nitrogens with two attached hydrogens (primary N) is 1. The monoisotopic (exact) mass is 388 g/mol. The molecule has 2 aromatic rings. The summed E-state index contributed by atoms with van der Waals surface area (Å²) in [6.45, 7) is 3.67. The number of pyridine rings is 1. The van der Waals surface area contributed by atoms with E-state index in [0.717, 1.165) is 23.9 Å². The SMILES string of the molecule is NCCc1nc(C(=O)NCCC(=O)N2CCN(c3ccccn3)CC2)cs1. The summed E-state index contributed by atoms with van der Waals surface area (Å²) in [5, 5.41) is 5.34. The summed E-state index contributed by atoms with van der Waals surface area (Å²) >= 11 is 1.43. The second kappa shape index (κ2) is 9.43. The molecule has 8 nitrogen and oxygen atoms in total. The highest BCUT2D eigenvalue weighted by atomic mass is 32.1. The van der Waals surface area contributed by atoms with Gasteiger partial charge < -0.3 is 20.9 Å². The summed E-state index contributed by atoms with van der Waals surface area (Å²) in [4.78, 5) is 37.0. The van der Waals surface area contributed by atoms with Crippen LogP contribution in [0.5, 0.6) is 0 Å². The summed E-state index contributed by atoms with van der Waals surface area (Å²) in [6, 6.07) is 5.83. The molecule has 1 fully saturated rings. The van der Waals surface area contributed by atoms with Gasteiger partial charge in [0.25, 0.3) is 5.91 Å². The van der Waals surface area contributed by atoms with Gasteiger partial charge in [0.15, 0.2) is 0 Å². The largest absolute Gasteiger partial charge is 0.353 e. The number of hydrogen-bond donors (Lipinski definition) is 2. The molecule has 0 unspecified atom stereocenters. The number of anilines is 1. The van der Waals surface area contributed by atoms with Crippen molar-refractivity contribution in [1.29, 1.82) is 0 Å². The fourth-order valence-corrected chi connectivity index (χ4v) is 3.71. The molecule has 0 saturated carbocycles. The molecular formula is C18H24N6O2S. The first kappa shape index (κ1) is 19.2. The zero-order chi connectivity index (χ0) is 19.1. The van der Waals surface area contributed by atoms with Crippen LogP contribution >= 0.6 is 11.3 Å². The van der Waals surface area contributed by atoms with E-state index in [1.807, 2.05) is 23.1 Å². The van der Waals surface area contributed by atoms with Crippen LogP contribution in [-0.4, -0.2) is 66.0 Å². The number of amides is 2. The second-order valence-electron chi connectivity index (χ2n) is 6.23. The van der Waals surface area contributed by atoms with Crippen LogP contribution in [0.3, 0.4) is 0 Å². The van der Waals surface area contributed by atoms with Crippen molar-refractivity contribution in [2.75, 3.05) is 44.2 Å². The molecule has 0 radical (unpaired) electrons. The molecule has 0 aromatic carbocycles. The van der Waals surface area contributed by atoms with E-state index in [2.05, 4.69) is 20.2 Å². The minimum Gasteiger partial charge on any atom is -0.353 e. The number of carbonyl (C=O) groups is 2. The smallest absolute Gasteiger partial charge is 0.270 e. The van der Waals surface area contributed by atoms with Gasteiger partial charge in [-0.2, -0.15) is 0 Å². The molecule has 0 atom stereocenters. The van der Waals surface area contributed by atoms with Gasteiger partial charge in [0.1, 0.15) is 11.5 Å². The Morgan fingerprint density at radius 2 is 2.04 bits per heavy atom. The molecule has 9 heteroatoms. The van der Waals surface area contributed by atoms with Gasteiger partial charge in [0.2, 0.25) is 5.91 Å². The van der Waals surface area contributed by atoms with Gasteiger partial charge >= 0.3 is 0 Å². The number of hydrogen-bond acceptors (Lipinski definition) is 7. The standard InChI is InChI=1S/C18H24N6O2S/c19-6-4-16-22-14(13-27-16)18(26)21-8-5-17(25)24-11-9-23(10-12-24)15-3-1-2-7-20-15/h1-3,7,13H,4-6,8-12,19H2,(H,21,26). The number of thiazole rings is 1. The highest BCUT2D eigenvalue weighted by molar-refractivity contribution is 7.09. The van der Waals surface area contributed by atoms with Crippen molar-refractivity contribution in [2.24, 2.45) is 5.73 Å². The first-order valence-corrected chi connectivity index (χ1v) is 9.92. The molecule has 0 aliphatic carbocycles. The third-order valence-corrected chi connectivity index (χ3v) is 5.28. The lowest BCUT2D eigenvalue weighted by atomic mass is 10.2. The van der Waals surface area contributed by atoms with Crippen LogP contribution in [0.25, 0.3) is 0 Å². The Bertz CT molecular complexity index is 758. The Balaban J connectivity index is 1.39. The highest BCUT2D eigenvalue weighted by Crippen LogP contribution is 2.13. The Hall–Kier alpha value is -2.52. The molecule has 1 saturated heterocycles. The van der Waals surface area contributed by atoms with Crippen molar-refractivity contribution < 1.29 is 9.59 Å². The van der Waals surface area contributed by atoms with Gasteiger partial charge in [0, 0.05) is 57.1 Å². The third-order valence-electron chi connectivity index (χ3n) is 4.37. The van der Waals surface area contributed by atoms with E-state index in [0.29, 0.717) is 38.3 Å². The second-order valence-corrected chi connectivity index (χ2v) is 7.17. The quantitative estimate of drug-likeness (QED) is 0.716. The van der Waals surface area contributed by atoms with Crippen LogP contribution < -0.4 is 16.0 Å². The molecule has 2 aromatic heterocycles. The molecule has 0 bridgehead atoms. The van der Waals surface area contributed by atoms with Crippen LogP contribution in [0.1, 0.15) is 21.9 Å². The van der Waals surface area contributed by atoms with Crippen LogP contribution in [0.15, 0.2) is 29.8 Å². The van der Waals surface area contributed by atoms with Crippen molar-refractivity contribution in [3.8, 4) is 0 Å². The van der Waals surface area contributed by atoms with Gasteiger partial charge in [0.05, 0.1) is 5.01 Å². The van der Waals surface area contributed by atoms with Crippen molar-refractivity contribution in [3.05, 3.63) is 40.5 Å². The fourth-order valence-electron chi connectivity index (χ4n) is 2.91. The number of nitrogens with zero attached hydrogens (tertiary/aromatic N) is 4. The molecule has 0 spiro atoms. The molecular weight excluding hydrogens is 364 g/mol. The zero-order valence-corrected chi connectivity index (χ0v) is 16.0. The summed E-state index contributed by atoms with van der Waals surface area (Å²) in [5.41, 5.74) is 5.88. The maximum atomic E-state index is 12.4. The Morgan fingerprint density at radius 3 is 2.74 bits per heavy atom. The minimum absolute atomic E-state index is 0.0538. The number of carbonyl (C=O) groups excluding carboxylic acids is 2. The summed E-state index contributed by atoms with van der Waals surface area (Å²) < 4.78 is 0. The number of nitrogens with one attached hydrogen (secondary N) is 1. The highest BCUT2D eigenvalue weighted by Gasteiger charge is 2.21. The predicted molar refractivity (Wildman–Crippen MR) is 105 cm³/mol. The van der Waals surface area contributed by atoms with Gasteiger partial charge in [-0.05, 0) is 18.7 Å². The first-order valence-electron chi connectivity index (χ1n) is 9.04. The van der Waals surface area contributed by atoms with Crippen molar-refractivity contribution in [2.45, 2.75) is 12.8 Å². The van der Waals surface area contributed by atoms with E-state index in [-0.39, 0.29) is 18.2 Å². The van der Waals surface area contributed by atoms with Crippen LogP contribution in [0, 0.1) is 0 Å². The van der Waals surface area contributed by atoms with E-state index in [1.165, 1.54) is 11.3 Å². The van der Waals surface area contributed by atoms with Crippen LogP contribution in [0.2, 0.25) is 0 Å². The molecule has 3 N–H and O–H groups in total. The van der Waals surface area contributed by atoms with Gasteiger partial charge in [-0.15, -0.1) is 11.3 Å². The van der Waals surface area contributed by atoms with Crippen molar-refractivity contribution in [3.63, 3.8) is 0 Å². The number of piperazine rings is 1. The zero-order valence-electron chi connectivity index (χ0n) is 15.1. The normalized spacial score (nSPS) is 14.3. The molecule has 3 rings (SSSR count). The van der Waals surface area contributed by atoms with Crippen molar-refractivity contribution in [1.82, 2.24) is 20.2 Å². The summed E-state index contributed by atoms with van der Waals surface area (Å²) in [6.07, 6.45) is 2.73. The molecule has 27 heavy (non-hydrogen) atoms. The van der Waals surface area contributed by atoms with E-state index in [9.17, 15) is 9.59 Å². The van der Waals surface area contributed by atoms with E-state index in [4.69, 9.17) is 5.73 Å². The lowest BCUT2D eigenvalue weighted by Gasteiger charge is -2.35. The fraction of sp³-hybridized carbons (Fsp3) is 0.444. The van der Waals surface area contributed by atoms with Crippen LogP contribution in [-0.2, 0) is 11.2 Å². The molecule has 2 amide bonds. The number of rotatable bonds is 7. The van der Waals surface area contributed by atoms with E-state index >= 15 is 0 Å². The van der Waals surface area contributed by atoms with E-state index < -0.39 is 0 Å². The van der Waals surface area contributed by atoms with Gasteiger partial charge in [-0.25, -0.2) is 9.97 Å². The molecule has 144 valence electrons. The maximum absolute atomic E-state index is 12.4. The summed E-state index contributed by atoms with van der Waals surface area (Å²) in [7, 11) is 0. The molecule has 1 aliphatic heterocycles. The molecule has 3 heterocycles. The topological polar surface area (TPSA) is 104 Å². The van der Waals surface area contributed by atoms with Crippen LogP contribution in [0.4, 0.5) is 5.82 Å².